The Bertz CT molecular complexity index is 689. The summed E-state index contributed by atoms with van der Waals surface area (Å²) in [6.07, 6.45) is 5.07. The fourth-order valence-corrected chi connectivity index (χ4v) is 3.29. The fraction of sp³-hybridized carbons (Fsp3) is 0.444. The molecule has 1 amide bonds. The molecule has 2 atom stereocenters. The molecule has 0 aliphatic heterocycles. The molecule has 2 aromatic rings. The van der Waals surface area contributed by atoms with E-state index in [4.69, 9.17) is 0 Å². The number of halogens is 2. The molecule has 2 unspecified atom stereocenters. The molecular weight excluding hydrogens is 359 g/mol. The maximum atomic E-state index is 12.3. The van der Waals surface area contributed by atoms with Crippen molar-refractivity contribution in [2.45, 2.75) is 32.2 Å². The Balaban J connectivity index is 0.00000156. The van der Waals surface area contributed by atoms with Crippen LogP contribution in [0.3, 0.4) is 0 Å². The molecule has 0 saturated heterocycles. The van der Waals surface area contributed by atoms with Crippen LogP contribution in [0.15, 0.2) is 36.5 Å². The molecule has 3 rings (SSSR count). The molecule has 0 fully saturated rings. The van der Waals surface area contributed by atoms with Crippen LogP contribution in [0.2, 0.25) is 0 Å². The van der Waals surface area contributed by atoms with E-state index in [0.717, 1.165) is 25.1 Å². The quantitative estimate of drug-likeness (QED) is 0.829. The summed E-state index contributed by atoms with van der Waals surface area (Å²) in [5.74, 6) is 0.715. The van der Waals surface area contributed by atoms with Gasteiger partial charge in [0, 0.05) is 18.5 Å². The van der Waals surface area contributed by atoms with Crippen molar-refractivity contribution in [3.63, 3.8) is 0 Å². The van der Waals surface area contributed by atoms with Gasteiger partial charge in [-0.05, 0) is 37.4 Å². The van der Waals surface area contributed by atoms with Gasteiger partial charge in [0.15, 0.2) is 0 Å². The summed E-state index contributed by atoms with van der Waals surface area (Å²) in [4.78, 5) is 12.3. The van der Waals surface area contributed by atoms with Crippen LogP contribution in [0.1, 0.15) is 36.9 Å². The average molecular weight is 385 g/mol. The predicted molar refractivity (Wildman–Crippen MR) is 106 cm³/mol. The van der Waals surface area contributed by atoms with Crippen molar-refractivity contribution in [2.75, 3.05) is 18.9 Å². The van der Waals surface area contributed by atoms with Gasteiger partial charge in [0.2, 0.25) is 5.91 Å². The number of benzene rings is 1. The van der Waals surface area contributed by atoms with Gasteiger partial charge in [-0.1, -0.05) is 31.2 Å². The van der Waals surface area contributed by atoms with Crippen LogP contribution in [0, 0.1) is 5.92 Å². The Hall–Kier alpha value is -1.56. The molecule has 7 heteroatoms. The van der Waals surface area contributed by atoms with Crippen LogP contribution in [0.4, 0.5) is 5.82 Å². The summed E-state index contributed by atoms with van der Waals surface area (Å²) in [6.45, 7) is 2.58. The van der Waals surface area contributed by atoms with E-state index in [-0.39, 0.29) is 42.7 Å². The van der Waals surface area contributed by atoms with E-state index in [1.54, 1.807) is 6.20 Å². The zero-order valence-corrected chi connectivity index (χ0v) is 16.2. The molecule has 1 aromatic heterocycles. The Kier molecular flexibility index (Phi) is 8.42. The number of rotatable bonds is 5. The minimum atomic E-state index is -0.0815. The lowest BCUT2D eigenvalue weighted by Gasteiger charge is -2.27. The van der Waals surface area contributed by atoms with Gasteiger partial charge >= 0.3 is 0 Å². The fourth-order valence-electron chi connectivity index (χ4n) is 3.29. The second-order valence-corrected chi connectivity index (χ2v) is 6.22. The first-order valence-electron chi connectivity index (χ1n) is 8.27. The summed E-state index contributed by atoms with van der Waals surface area (Å²) in [5.41, 5.74) is 2.71. The number of carbonyl (C=O) groups excluding carboxylic acids is 1. The van der Waals surface area contributed by atoms with Crippen molar-refractivity contribution in [2.24, 2.45) is 5.92 Å². The smallest absolute Gasteiger partial charge is 0.229 e. The Morgan fingerprint density at radius 2 is 2.08 bits per heavy atom. The van der Waals surface area contributed by atoms with Gasteiger partial charge in [-0.25, -0.2) is 4.68 Å². The van der Waals surface area contributed by atoms with Gasteiger partial charge in [0.05, 0.1) is 12.2 Å². The van der Waals surface area contributed by atoms with E-state index in [9.17, 15) is 4.79 Å². The van der Waals surface area contributed by atoms with Crippen LogP contribution in [0.25, 0.3) is 0 Å². The van der Waals surface area contributed by atoms with Crippen LogP contribution >= 0.6 is 24.8 Å². The van der Waals surface area contributed by atoms with Crippen molar-refractivity contribution in [1.29, 1.82) is 0 Å². The number of nitrogens with zero attached hydrogens (tertiary/aromatic N) is 2. The molecule has 0 saturated carbocycles. The number of nitrogens with one attached hydrogen (secondary N) is 2. The Morgan fingerprint density at radius 1 is 1.32 bits per heavy atom. The molecule has 138 valence electrons. The highest BCUT2D eigenvalue weighted by Crippen LogP contribution is 2.34. The molecule has 1 aliphatic rings. The average Bonchev–Trinajstić information content (AvgIpc) is 3.02. The van der Waals surface area contributed by atoms with E-state index in [1.165, 1.54) is 11.1 Å². The lowest BCUT2D eigenvalue weighted by atomic mass is 9.88. The molecule has 1 heterocycles. The number of hydrogen-bond acceptors (Lipinski definition) is 3. The zero-order valence-electron chi connectivity index (χ0n) is 14.6. The van der Waals surface area contributed by atoms with E-state index in [2.05, 4.69) is 40.0 Å². The molecule has 25 heavy (non-hydrogen) atoms. The highest BCUT2D eigenvalue weighted by Gasteiger charge is 2.24. The summed E-state index contributed by atoms with van der Waals surface area (Å²) in [5, 5.41) is 10.5. The van der Waals surface area contributed by atoms with E-state index >= 15 is 0 Å². The maximum absolute atomic E-state index is 12.3. The molecule has 1 aromatic carbocycles. The molecule has 0 bridgehead atoms. The molecule has 0 spiro atoms. The first-order valence-corrected chi connectivity index (χ1v) is 8.27. The van der Waals surface area contributed by atoms with E-state index in [1.807, 2.05) is 24.7 Å². The van der Waals surface area contributed by atoms with Gasteiger partial charge in [0.25, 0.3) is 0 Å². The van der Waals surface area contributed by atoms with Crippen molar-refractivity contribution >= 4 is 36.5 Å². The topological polar surface area (TPSA) is 59.0 Å². The van der Waals surface area contributed by atoms with Crippen molar-refractivity contribution in [3.8, 4) is 0 Å². The minimum Gasteiger partial charge on any atom is -0.319 e. The number of anilines is 1. The van der Waals surface area contributed by atoms with Crippen molar-refractivity contribution in [3.05, 3.63) is 47.7 Å². The summed E-state index contributed by atoms with van der Waals surface area (Å²) < 4.78 is 1.96. The standard InChI is InChI=1S/C18H24N4O.2ClH/c1-13(12-19-2)18(23)21-17-10-11-20-22(17)16-9-5-7-14-6-3-4-8-15(14)16;;/h3-4,6,8,10-11,13,16,19H,5,7,9,12H2,1-2H3,(H,21,23);2*1H. The number of fused-ring (bicyclic) bond motifs is 1. The van der Waals surface area contributed by atoms with Crippen LogP contribution in [-0.4, -0.2) is 29.3 Å². The Labute approximate surface area is 161 Å². The molecule has 2 N–H and O–H groups in total. The summed E-state index contributed by atoms with van der Waals surface area (Å²) in [6, 6.07) is 10.6. The SMILES string of the molecule is CNCC(C)C(=O)Nc1ccnn1C1CCCc2ccccc21.Cl.Cl. The monoisotopic (exact) mass is 384 g/mol. The zero-order chi connectivity index (χ0) is 16.2. The summed E-state index contributed by atoms with van der Waals surface area (Å²) in [7, 11) is 1.85. The lowest BCUT2D eigenvalue weighted by Crippen LogP contribution is -2.30. The van der Waals surface area contributed by atoms with Crippen molar-refractivity contribution in [1.82, 2.24) is 15.1 Å². The third-order valence-corrected chi connectivity index (χ3v) is 4.51. The predicted octanol–water partition coefficient (Wildman–Crippen LogP) is 3.45. The molecule has 5 nitrogen and oxygen atoms in total. The number of carbonyl (C=O) groups is 1. The van der Waals surface area contributed by atoms with Gasteiger partial charge in [-0.2, -0.15) is 5.10 Å². The largest absolute Gasteiger partial charge is 0.319 e. The highest BCUT2D eigenvalue weighted by molar-refractivity contribution is 5.91. The van der Waals surface area contributed by atoms with E-state index in [0.29, 0.717) is 6.54 Å². The van der Waals surface area contributed by atoms with E-state index < -0.39 is 0 Å². The maximum Gasteiger partial charge on any atom is 0.229 e. The third kappa shape index (κ3) is 4.75. The number of hydrogen-bond donors (Lipinski definition) is 2. The highest BCUT2D eigenvalue weighted by atomic mass is 35.5. The first kappa shape index (κ1) is 21.5. The summed E-state index contributed by atoms with van der Waals surface area (Å²) >= 11 is 0. The number of aryl methyl sites for hydroxylation is 1. The minimum absolute atomic E-state index is 0. The van der Waals surface area contributed by atoms with Gasteiger partial charge in [-0.15, -0.1) is 24.8 Å². The number of aromatic nitrogens is 2. The van der Waals surface area contributed by atoms with Gasteiger partial charge in [-0.3, -0.25) is 4.79 Å². The molecule has 0 radical (unpaired) electrons. The Morgan fingerprint density at radius 3 is 2.84 bits per heavy atom. The van der Waals surface area contributed by atoms with Crippen LogP contribution in [-0.2, 0) is 11.2 Å². The van der Waals surface area contributed by atoms with Gasteiger partial charge < -0.3 is 10.6 Å². The second kappa shape index (κ2) is 9.80. The van der Waals surface area contributed by atoms with Crippen molar-refractivity contribution < 1.29 is 4.79 Å². The number of amides is 1. The normalized spacial score (nSPS) is 16.8. The lowest BCUT2D eigenvalue weighted by molar-refractivity contribution is -0.119. The first-order chi connectivity index (χ1) is 11.2. The van der Waals surface area contributed by atoms with Crippen LogP contribution in [0.5, 0.6) is 0 Å². The molecular formula is C18H26Cl2N4O. The van der Waals surface area contributed by atoms with Crippen LogP contribution < -0.4 is 10.6 Å². The molecule has 1 aliphatic carbocycles. The second-order valence-electron chi connectivity index (χ2n) is 6.22. The third-order valence-electron chi connectivity index (χ3n) is 4.51. The van der Waals surface area contributed by atoms with Gasteiger partial charge in [0.1, 0.15) is 5.82 Å².